The Morgan fingerprint density at radius 3 is 2.62 bits per heavy atom. The molecule has 5 atom stereocenters. The zero-order chi connectivity index (χ0) is 11.2. The smallest absolute Gasteiger partial charge is 0.0884 e. The second-order valence-corrected chi connectivity index (χ2v) is 5.65. The van der Waals surface area contributed by atoms with Crippen LogP contribution < -0.4 is 0 Å². The minimum Gasteiger partial charge on any atom is -0.375 e. The van der Waals surface area contributed by atoms with Crippen molar-refractivity contribution in [2.75, 3.05) is 0 Å². The number of hydrogen-bond donors (Lipinski definition) is 0. The monoisotopic (exact) mass is 221 g/mol. The third-order valence-corrected chi connectivity index (χ3v) is 4.45. The normalized spacial score (nSPS) is 50.8. The summed E-state index contributed by atoms with van der Waals surface area (Å²) >= 11 is 0. The van der Waals surface area contributed by atoms with Gasteiger partial charge in [-0.2, -0.15) is 5.26 Å². The lowest BCUT2D eigenvalue weighted by Crippen LogP contribution is -2.34. The maximum atomic E-state index is 9.48. The maximum absolute atomic E-state index is 9.48. The van der Waals surface area contributed by atoms with Gasteiger partial charge in [0.25, 0.3) is 0 Å². The molecule has 16 heavy (non-hydrogen) atoms. The van der Waals surface area contributed by atoms with Gasteiger partial charge in [0.1, 0.15) is 0 Å². The summed E-state index contributed by atoms with van der Waals surface area (Å²) in [6, 6.07) is 2.55. The van der Waals surface area contributed by atoms with E-state index in [0.717, 1.165) is 38.5 Å². The molecule has 3 heterocycles. The lowest BCUT2D eigenvalue weighted by Gasteiger charge is -2.30. The summed E-state index contributed by atoms with van der Waals surface area (Å²) in [6.07, 6.45) is 7.49. The highest BCUT2D eigenvalue weighted by atomic mass is 16.5. The van der Waals surface area contributed by atoms with Gasteiger partial charge in [-0.25, -0.2) is 0 Å². The SMILES string of the molecule is CC1CCC(CC2(C#N)CC3CCC2O3)O1. The van der Waals surface area contributed by atoms with Crippen LogP contribution in [0.25, 0.3) is 0 Å². The van der Waals surface area contributed by atoms with Crippen molar-refractivity contribution in [1.82, 2.24) is 0 Å². The predicted octanol–water partition coefficient (Wildman–Crippen LogP) is 2.41. The van der Waals surface area contributed by atoms with Gasteiger partial charge in [0.15, 0.2) is 0 Å². The van der Waals surface area contributed by atoms with Crippen LogP contribution in [0, 0.1) is 16.7 Å². The maximum Gasteiger partial charge on any atom is 0.0884 e. The fraction of sp³-hybridized carbons (Fsp3) is 0.923. The topological polar surface area (TPSA) is 42.2 Å². The fourth-order valence-electron chi connectivity index (χ4n) is 3.62. The van der Waals surface area contributed by atoms with Crippen molar-refractivity contribution in [3.8, 4) is 6.07 Å². The second-order valence-electron chi connectivity index (χ2n) is 5.65. The van der Waals surface area contributed by atoms with Crippen molar-refractivity contribution >= 4 is 0 Å². The second kappa shape index (κ2) is 3.72. The summed E-state index contributed by atoms with van der Waals surface area (Å²) < 4.78 is 11.7. The summed E-state index contributed by atoms with van der Waals surface area (Å²) in [7, 11) is 0. The standard InChI is InChI=1S/C13H19NO2/c1-9-2-3-10(15-9)6-13(8-14)7-11-4-5-12(13)16-11/h9-12H,2-7H2,1H3. The first-order chi connectivity index (χ1) is 7.72. The van der Waals surface area contributed by atoms with Crippen LogP contribution in [0.4, 0.5) is 0 Å². The van der Waals surface area contributed by atoms with Crippen LogP contribution in [-0.2, 0) is 9.47 Å². The number of hydrogen-bond acceptors (Lipinski definition) is 3. The van der Waals surface area contributed by atoms with Crippen LogP contribution in [0.2, 0.25) is 0 Å². The zero-order valence-corrected chi connectivity index (χ0v) is 9.82. The van der Waals surface area contributed by atoms with Crippen molar-refractivity contribution in [2.45, 2.75) is 69.9 Å². The largest absolute Gasteiger partial charge is 0.375 e. The molecule has 0 N–H and O–H groups in total. The lowest BCUT2D eigenvalue weighted by atomic mass is 9.71. The highest BCUT2D eigenvalue weighted by molar-refractivity contribution is 5.13. The molecule has 2 bridgehead atoms. The van der Waals surface area contributed by atoms with Gasteiger partial charge in [0.2, 0.25) is 0 Å². The average molecular weight is 221 g/mol. The molecule has 0 saturated carbocycles. The van der Waals surface area contributed by atoms with Crippen LogP contribution in [-0.4, -0.2) is 24.4 Å². The Morgan fingerprint density at radius 1 is 1.25 bits per heavy atom. The van der Waals surface area contributed by atoms with E-state index in [0.29, 0.717) is 12.2 Å². The summed E-state index contributed by atoms with van der Waals surface area (Å²) in [6.45, 7) is 2.12. The van der Waals surface area contributed by atoms with Gasteiger partial charge in [-0.15, -0.1) is 0 Å². The van der Waals surface area contributed by atoms with Gasteiger partial charge < -0.3 is 9.47 Å². The Hall–Kier alpha value is -0.590. The van der Waals surface area contributed by atoms with Gasteiger partial charge in [-0.05, 0) is 45.4 Å². The average Bonchev–Trinajstić information content (AvgIpc) is 2.94. The molecule has 0 aliphatic carbocycles. The van der Waals surface area contributed by atoms with Gasteiger partial charge in [-0.1, -0.05) is 0 Å². The molecular weight excluding hydrogens is 202 g/mol. The summed E-state index contributed by atoms with van der Waals surface area (Å²) in [5.74, 6) is 0. The molecule has 0 aromatic rings. The minimum atomic E-state index is -0.238. The van der Waals surface area contributed by atoms with Gasteiger partial charge >= 0.3 is 0 Å². The fourth-order valence-corrected chi connectivity index (χ4v) is 3.62. The van der Waals surface area contributed by atoms with Crippen molar-refractivity contribution < 1.29 is 9.47 Å². The molecule has 3 nitrogen and oxygen atoms in total. The molecule has 0 aromatic heterocycles. The minimum absolute atomic E-state index is 0.182. The molecule has 0 spiro atoms. The molecule has 5 unspecified atom stereocenters. The molecule has 88 valence electrons. The summed E-state index contributed by atoms with van der Waals surface area (Å²) in [4.78, 5) is 0. The van der Waals surface area contributed by atoms with Gasteiger partial charge in [-0.3, -0.25) is 0 Å². The molecule has 3 rings (SSSR count). The first-order valence-electron chi connectivity index (χ1n) is 6.44. The quantitative estimate of drug-likeness (QED) is 0.719. The van der Waals surface area contributed by atoms with Crippen LogP contribution >= 0.6 is 0 Å². The van der Waals surface area contributed by atoms with Crippen LogP contribution in [0.5, 0.6) is 0 Å². The van der Waals surface area contributed by atoms with Crippen molar-refractivity contribution in [1.29, 1.82) is 5.26 Å². The van der Waals surface area contributed by atoms with Crippen molar-refractivity contribution in [2.24, 2.45) is 5.41 Å². The molecule has 0 aromatic carbocycles. The van der Waals surface area contributed by atoms with E-state index < -0.39 is 0 Å². The Bertz CT molecular complexity index is 324. The summed E-state index contributed by atoms with van der Waals surface area (Å²) in [5.41, 5.74) is -0.238. The molecule has 3 saturated heterocycles. The number of fused-ring (bicyclic) bond motifs is 2. The number of nitriles is 1. The first kappa shape index (κ1) is 10.6. The predicted molar refractivity (Wildman–Crippen MR) is 58.7 cm³/mol. The Kier molecular flexibility index (Phi) is 2.45. The van der Waals surface area contributed by atoms with Crippen LogP contribution in [0.3, 0.4) is 0 Å². The molecule has 3 aliphatic heterocycles. The van der Waals surface area contributed by atoms with E-state index >= 15 is 0 Å². The summed E-state index contributed by atoms with van der Waals surface area (Å²) in [5, 5.41) is 9.48. The Labute approximate surface area is 96.7 Å². The number of ether oxygens (including phenoxy) is 2. The number of rotatable bonds is 2. The zero-order valence-electron chi connectivity index (χ0n) is 9.82. The lowest BCUT2D eigenvalue weighted by molar-refractivity contribution is 0.0127. The van der Waals surface area contributed by atoms with Gasteiger partial charge in [0, 0.05) is 0 Å². The van der Waals surface area contributed by atoms with Crippen LogP contribution in [0.1, 0.15) is 45.4 Å². The van der Waals surface area contributed by atoms with Crippen molar-refractivity contribution in [3.63, 3.8) is 0 Å². The Balaban J connectivity index is 1.70. The third kappa shape index (κ3) is 1.56. The van der Waals surface area contributed by atoms with Gasteiger partial charge in [0.05, 0.1) is 35.9 Å². The van der Waals surface area contributed by atoms with E-state index in [9.17, 15) is 5.26 Å². The van der Waals surface area contributed by atoms with Crippen LogP contribution in [0.15, 0.2) is 0 Å². The highest BCUT2D eigenvalue weighted by Gasteiger charge is 2.54. The Morgan fingerprint density at radius 2 is 2.12 bits per heavy atom. The van der Waals surface area contributed by atoms with Crippen molar-refractivity contribution in [3.05, 3.63) is 0 Å². The first-order valence-corrected chi connectivity index (χ1v) is 6.44. The van der Waals surface area contributed by atoms with E-state index in [-0.39, 0.29) is 17.6 Å². The molecule has 0 radical (unpaired) electrons. The molecular formula is C13H19NO2. The molecule has 0 amide bonds. The molecule has 3 fully saturated rings. The molecule has 3 heteroatoms. The highest BCUT2D eigenvalue weighted by Crippen LogP contribution is 2.51. The number of nitrogens with zero attached hydrogens (tertiary/aromatic N) is 1. The third-order valence-electron chi connectivity index (χ3n) is 4.45. The molecule has 3 aliphatic rings. The van der Waals surface area contributed by atoms with E-state index in [4.69, 9.17) is 9.47 Å². The van der Waals surface area contributed by atoms with E-state index in [2.05, 4.69) is 13.0 Å². The van der Waals surface area contributed by atoms with E-state index in [1.807, 2.05) is 0 Å². The van der Waals surface area contributed by atoms with E-state index in [1.54, 1.807) is 0 Å². The van der Waals surface area contributed by atoms with E-state index in [1.165, 1.54) is 0 Å².